The first-order valence-corrected chi connectivity index (χ1v) is 10.8. The molecule has 1 fully saturated rings. The van der Waals surface area contributed by atoms with Crippen LogP contribution in [0.2, 0.25) is 0 Å². The monoisotopic (exact) mass is 425 g/mol. The third kappa shape index (κ3) is 3.58. The predicted octanol–water partition coefficient (Wildman–Crippen LogP) is 4.09. The number of hydrogen-bond donors (Lipinski definition) is 1. The summed E-state index contributed by atoms with van der Waals surface area (Å²) in [7, 11) is 0. The number of nitrogens with one attached hydrogen (secondary N) is 1. The molecule has 6 nitrogen and oxygen atoms in total. The maximum absolute atomic E-state index is 13.2. The first kappa shape index (κ1) is 20.1. The molecule has 6 heteroatoms. The number of fused-ring (bicyclic) bond motifs is 3. The zero-order valence-electron chi connectivity index (χ0n) is 17.8. The van der Waals surface area contributed by atoms with Gasteiger partial charge in [-0.05, 0) is 55.2 Å². The Kier molecular flexibility index (Phi) is 5.05. The maximum atomic E-state index is 13.2. The number of hydrogen-bond acceptors (Lipinski definition) is 4. The molecule has 1 N–H and O–H groups in total. The van der Waals surface area contributed by atoms with E-state index >= 15 is 0 Å². The average molecular weight is 425 g/mol. The van der Waals surface area contributed by atoms with Crippen LogP contribution in [0, 0.1) is 12.8 Å². The fraction of sp³-hybridized carbons (Fsp3) is 0.231. The third-order valence-corrected chi connectivity index (χ3v) is 6.19. The molecule has 1 aliphatic heterocycles. The van der Waals surface area contributed by atoms with Crippen LogP contribution in [-0.2, 0) is 4.79 Å². The van der Waals surface area contributed by atoms with Gasteiger partial charge in [0.1, 0.15) is 5.82 Å². The summed E-state index contributed by atoms with van der Waals surface area (Å²) in [6, 6.07) is 18.3. The largest absolute Gasteiger partial charge is 0.338 e. The summed E-state index contributed by atoms with van der Waals surface area (Å²) in [6.07, 6.45) is 1.47. The number of anilines is 1. The third-order valence-electron chi connectivity index (χ3n) is 6.19. The van der Waals surface area contributed by atoms with Crippen LogP contribution < -0.4 is 5.32 Å². The highest BCUT2D eigenvalue weighted by atomic mass is 16.2. The highest BCUT2D eigenvalue weighted by Crippen LogP contribution is 2.37. The van der Waals surface area contributed by atoms with E-state index < -0.39 is 0 Å². The molecule has 1 aliphatic carbocycles. The van der Waals surface area contributed by atoms with E-state index in [4.69, 9.17) is 0 Å². The number of pyridine rings is 1. The summed E-state index contributed by atoms with van der Waals surface area (Å²) >= 11 is 0. The highest BCUT2D eigenvalue weighted by Gasteiger charge is 2.31. The number of carbonyl (C=O) groups is 3. The molecule has 0 radical (unpaired) electrons. The first-order chi connectivity index (χ1) is 15.5. The van der Waals surface area contributed by atoms with Crippen molar-refractivity contribution >= 4 is 23.4 Å². The minimum absolute atomic E-state index is 0.0493. The Morgan fingerprint density at radius 2 is 1.75 bits per heavy atom. The van der Waals surface area contributed by atoms with Crippen molar-refractivity contribution in [1.29, 1.82) is 0 Å². The summed E-state index contributed by atoms with van der Waals surface area (Å²) in [4.78, 5) is 44.8. The lowest BCUT2D eigenvalue weighted by Crippen LogP contribution is -2.43. The van der Waals surface area contributed by atoms with Gasteiger partial charge in [0, 0.05) is 35.5 Å². The van der Waals surface area contributed by atoms with Crippen molar-refractivity contribution in [3.8, 4) is 11.1 Å². The number of rotatable bonds is 3. The molecule has 1 saturated heterocycles. The van der Waals surface area contributed by atoms with Gasteiger partial charge in [0.25, 0.3) is 5.91 Å². The van der Waals surface area contributed by atoms with E-state index in [1.54, 1.807) is 23.1 Å². The molecular weight excluding hydrogens is 402 g/mol. The second-order valence-corrected chi connectivity index (χ2v) is 8.38. The molecule has 2 heterocycles. The standard InChI is InChI=1S/C26H23N3O3/c1-16-6-4-10-23(27-16)28-25(31)18-7-5-13-29(15-18)26(32)17-11-12-20-19-8-2-3-9-21(19)24(30)22(20)14-17/h2-4,6,8-12,14,18H,5,7,13,15H2,1H3,(H,27,28,31). The van der Waals surface area contributed by atoms with Gasteiger partial charge in [-0.25, -0.2) is 4.98 Å². The van der Waals surface area contributed by atoms with E-state index in [2.05, 4.69) is 10.3 Å². The number of aromatic nitrogens is 1. The van der Waals surface area contributed by atoms with E-state index in [-0.39, 0.29) is 23.5 Å². The van der Waals surface area contributed by atoms with E-state index in [1.807, 2.05) is 49.4 Å². The number of amides is 2. The molecule has 1 unspecified atom stereocenters. The van der Waals surface area contributed by atoms with Gasteiger partial charge in [-0.2, -0.15) is 0 Å². The van der Waals surface area contributed by atoms with Gasteiger partial charge in [-0.15, -0.1) is 0 Å². The van der Waals surface area contributed by atoms with E-state index in [1.165, 1.54) is 0 Å². The summed E-state index contributed by atoms with van der Waals surface area (Å²) in [5.74, 6) is -0.0970. The van der Waals surface area contributed by atoms with Crippen LogP contribution in [0.4, 0.5) is 5.82 Å². The summed E-state index contributed by atoms with van der Waals surface area (Å²) < 4.78 is 0. The summed E-state index contributed by atoms with van der Waals surface area (Å²) in [5.41, 5.74) is 4.32. The molecule has 2 aliphatic rings. The Hall–Kier alpha value is -3.80. The SMILES string of the molecule is Cc1cccc(NC(=O)C2CCCN(C(=O)c3ccc4c(c3)C(=O)c3ccccc3-4)C2)n1. The number of ketones is 1. The quantitative estimate of drug-likeness (QED) is 0.536. The van der Waals surface area contributed by atoms with Crippen molar-refractivity contribution in [2.75, 3.05) is 18.4 Å². The molecule has 3 aromatic rings. The Balaban J connectivity index is 1.32. The molecule has 160 valence electrons. The van der Waals surface area contributed by atoms with Gasteiger partial charge in [0.15, 0.2) is 5.78 Å². The maximum Gasteiger partial charge on any atom is 0.253 e. The van der Waals surface area contributed by atoms with E-state index in [0.29, 0.717) is 35.6 Å². The molecule has 2 aromatic carbocycles. The number of benzene rings is 2. The van der Waals surface area contributed by atoms with Gasteiger partial charge < -0.3 is 10.2 Å². The lowest BCUT2D eigenvalue weighted by Gasteiger charge is -2.32. The Morgan fingerprint density at radius 1 is 0.969 bits per heavy atom. The Bertz CT molecular complexity index is 1250. The van der Waals surface area contributed by atoms with E-state index in [9.17, 15) is 14.4 Å². The van der Waals surface area contributed by atoms with Crippen LogP contribution in [0.25, 0.3) is 11.1 Å². The highest BCUT2D eigenvalue weighted by molar-refractivity contribution is 6.22. The van der Waals surface area contributed by atoms with Crippen molar-refractivity contribution in [3.05, 3.63) is 83.0 Å². The Morgan fingerprint density at radius 3 is 2.56 bits per heavy atom. The number of aryl methyl sites for hydroxylation is 1. The van der Waals surface area contributed by atoms with Gasteiger partial charge in [0.05, 0.1) is 5.92 Å². The molecule has 0 saturated carbocycles. The van der Waals surface area contributed by atoms with Gasteiger partial charge in [-0.1, -0.05) is 36.4 Å². The van der Waals surface area contributed by atoms with Crippen LogP contribution in [0.5, 0.6) is 0 Å². The number of likely N-dealkylation sites (tertiary alicyclic amines) is 1. The van der Waals surface area contributed by atoms with E-state index in [0.717, 1.165) is 29.7 Å². The first-order valence-electron chi connectivity index (χ1n) is 10.8. The van der Waals surface area contributed by atoms with Crippen LogP contribution in [-0.4, -0.2) is 40.6 Å². The summed E-state index contributed by atoms with van der Waals surface area (Å²) in [6.45, 7) is 2.81. The lowest BCUT2D eigenvalue weighted by atomic mass is 9.96. The van der Waals surface area contributed by atoms with Crippen molar-refractivity contribution in [2.24, 2.45) is 5.92 Å². The van der Waals surface area contributed by atoms with Gasteiger partial charge in [0.2, 0.25) is 5.91 Å². The minimum Gasteiger partial charge on any atom is -0.338 e. The number of piperidine rings is 1. The van der Waals surface area contributed by atoms with Crippen LogP contribution in [0.3, 0.4) is 0 Å². The normalized spacial score (nSPS) is 17.0. The number of nitrogens with zero attached hydrogens (tertiary/aromatic N) is 2. The fourth-order valence-corrected chi connectivity index (χ4v) is 4.56. The smallest absolute Gasteiger partial charge is 0.253 e. The molecule has 1 atom stereocenters. The van der Waals surface area contributed by atoms with Crippen LogP contribution in [0.1, 0.15) is 44.8 Å². The number of carbonyl (C=O) groups excluding carboxylic acids is 3. The van der Waals surface area contributed by atoms with Gasteiger partial charge >= 0.3 is 0 Å². The molecule has 1 aromatic heterocycles. The van der Waals surface area contributed by atoms with Crippen molar-refractivity contribution in [1.82, 2.24) is 9.88 Å². The van der Waals surface area contributed by atoms with Crippen molar-refractivity contribution in [3.63, 3.8) is 0 Å². The molecule has 0 bridgehead atoms. The fourth-order valence-electron chi connectivity index (χ4n) is 4.56. The average Bonchev–Trinajstić information content (AvgIpc) is 3.10. The molecule has 32 heavy (non-hydrogen) atoms. The van der Waals surface area contributed by atoms with Crippen LogP contribution in [0.15, 0.2) is 60.7 Å². The second-order valence-electron chi connectivity index (χ2n) is 8.38. The predicted molar refractivity (Wildman–Crippen MR) is 122 cm³/mol. The van der Waals surface area contributed by atoms with Crippen molar-refractivity contribution in [2.45, 2.75) is 19.8 Å². The van der Waals surface area contributed by atoms with Gasteiger partial charge in [-0.3, -0.25) is 14.4 Å². The minimum atomic E-state index is -0.296. The van der Waals surface area contributed by atoms with Crippen molar-refractivity contribution < 1.29 is 14.4 Å². The zero-order chi connectivity index (χ0) is 22.2. The Labute approximate surface area is 186 Å². The lowest BCUT2D eigenvalue weighted by molar-refractivity contribution is -0.121. The topological polar surface area (TPSA) is 79.4 Å². The second kappa shape index (κ2) is 8.04. The van der Waals surface area contributed by atoms with Crippen LogP contribution >= 0.6 is 0 Å². The molecule has 0 spiro atoms. The zero-order valence-corrected chi connectivity index (χ0v) is 17.8. The molecule has 2 amide bonds. The molecule has 5 rings (SSSR count). The molecular formula is C26H23N3O3. The summed E-state index contributed by atoms with van der Waals surface area (Å²) in [5, 5.41) is 2.87.